The molecule has 30 heavy (non-hydrogen) atoms. The van der Waals surface area contributed by atoms with Gasteiger partial charge in [-0.15, -0.1) is 0 Å². The van der Waals surface area contributed by atoms with Crippen molar-refractivity contribution in [1.82, 2.24) is 5.32 Å². The highest BCUT2D eigenvalue weighted by molar-refractivity contribution is 6.00. The van der Waals surface area contributed by atoms with Crippen molar-refractivity contribution in [2.45, 2.75) is 38.1 Å². The molecule has 0 saturated heterocycles. The van der Waals surface area contributed by atoms with Crippen LogP contribution in [0.1, 0.15) is 42.5 Å². The van der Waals surface area contributed by atoms with Crippen molar-refractivity contribution in [3.05, 3.63) is 63.7 Å². The number of carboxylic acids is 1. The van der Waals surface area contributed by atoms with E-state index in [9.17, 15) is 33.6 Å². The Labute approximate surface area is 170 Å². The van der Waals surface area contributed by atoms with Crippen molar-refractivity contribution in [2.75, 3.05) is 0 Å². The van der Waals surface area contributed by atoms with Gasteiger partial charge in [-0.1, -0.05) is 25.3 Å². The maximum Gasteiger partial charge on any atom is 0.326 e. The highest BCUT2D eigenvalue weighted by Gasteiger charge is 2.32. The molecule has 1 aliphatic rings. The van der Waals surface area contributed by atoms with Crippen molar-refractivity contribution < 1.29 is 28.4 Å². The maximum atomic E-state index is 13.5. The first-order valence-electron chi connectivity index (χ1n) is 9.55. The Morgan fingerprint density at radius 2 is 1.67 bits per heavy atom. The molecule has 1 fully saturated rings. The number of carbonyl (C=O) groups excluding carboxylic acids is 1. The van der Waals surface area contributed by atoms with Crippen LogP contribution in [0.3, 0.4) is 0 Å². The number of benzene rings is 2. The third-order valence-electron chi connectivity index (χ3n) is 5.31. The van der Waals surface area contributed by atoms with Gasteiger partial charge in [0, 0.05) is 12.1 Å². The minimum absolute atomic E-state index is 0.0770. The zero-order valence-corrected chi connectivity index (χ0v) is 15.9. The van der Waals surface area contributed by atoms with Crippen LogP contribution in [0.2, 0.25) is 0 Å². The van der Waals surface area contributed by atoms with Crippen LogP contribution in [0, 0.1) is 27.7 Å². The first kappa shape index (κ1) is 21.4. The Kier molecular flexibility index (Phi) is 6.39. The second-order valence-electron chi connectivity index (χ2n) is 7.33. The van der Waals surface area contributed by atoms with Gasteiger partial charge in [0.25, 0.3) is 11.6 Å². The lowest BCUT2D eigenvalue weighted by Crippen LogP contribution is -2.46. The normalized spacial score (nSPS) is 15.4. The molecule has 9 heteroatoms. The molecule has 3 rings (SSSR count). The molecule has 2 aromatic rings. The van der Waals surface area contributed by atoms with E-state index in [1.54, 1.807) is 0 Å². The molecule has 2 N–H and O–H groups in total. The molecule has 1 amide bonds. The average Bonchev–Trinajstić information content (AvgIpc) is 2.71. The number of nitro groups is 1. The monoisotopic (exact) mass is 418 g/mol. The lowest BCUT2D eigenvalue weighted by atomic mass is 9.83. The molecule has 0 unspecified atom stereocenters. The largest absolute Gasteiger partial charge is 0.480 e. The first-order valence-corrected chi connectivity index (χ1v) is 9.55. The van der Waals surface area contributed by atoms with Gasteiger partial charge in [-0.3, -0.25) is 14.9 Å². The van der Waals surface area contributed by atoms with E-state index in [1.165, 1.54) is 6.07 Å². The van der Waals surface area contributed by atoms with Crippen molar-refractivity contribution in [3.8, 4) is 11.1 Å². The Balaban J connectivity index is 1.91. The summed E-state index contributed by atoms with van der Waals surface area (Å²) in [5, 5.41) is 23.5. The quantitative estimate of drug-likeness (QED) is 0.537. The second kappa shape index (κ2) is 8.98. The molecule has 0 heterocycles. The van der Waals surface area contributed by atoms with E-state index in [0.717, 1.165) is 43.5 Å². The summed E-state index contributed by atoms with van der Waals surface area (Å²) in [5.41, 5.74) is -0.669. The summed E-state index contributed by atoms with van der Waals surface area (Å²) in [6.45, 7) is 0. The first-order chi connectivity index (χ1) is 14.3. The number of hydrogen-bond donors (Lipinski definition) is 2. The summed E-state index contributed by atoms with van der Waals surface area (Å²) in [7, 11) is 0. The number of carbonyl (C=O) groups is 2. The minimum Gasteiger partial charge on any atom is -0.480 e. The van der Waals surface area contributed by atoms with Crippen LogP contribution in [0.4, 0.5) is 14.5 Å². The van der Waals surface area contributed by atoms with Crippen molar-refractivity contribution in [3.63, 3.8) is 0 Å². The lowest BCUT2D eigenvalue weighted by molar-refractivity contribution is -0.385. The number of halogens is 2. The summed E-state index contributed by atoms with van der Waals surface area (Å²) < 4.78 is 27.0. The standard InChI is InChI=1S/C21H20F2N2O5/c22-15-8-14(9-16(23)11-15)13-6-7-17(18(10-13)25(29)30)20(26)24-19(21(27)28)12-4-2-1-3-5-12/h6-12,19H,1-5H2,(H,24,26)(H,27,28)/t19-/m0/s1. The van der Waals surface area contributed by atoms with Crippen LogP contribution in [0.5, 0.6) is 0 Å². The van der Waals surface area contributed by atoms with Gasteiger partial charge >= 0.3 is 5.97 Å². The number of hydrogen-bond acceptors (Lipinski definition) is 4. The van der Waals surface area contributed by atoms with Crippen LogP contribution in [-0.2, 0) is 4.79 Å². The van der Waals surface area contributed by atoms with Crippen LogP contribution in [0.15, 0.2) is 36.4 Å². The Morgan fingerprint density at radius 3 is 2.23 bits per heavy atom. The van der Waals surface area contributed by atoms with Crippen LogP contribution < -0.4 is 5.32 Å². The average molecular weight is 418 g/mol. The Hall–Kier alpha value is -3.36. The van der Waals surface area contributed by atoms with E-state index in [-0.39, 0.29) is 22.6 Å². The van der Waals surface area contributed by atoms with Crippen molar-refractivity contribution in [2.24, 2.45) is 5.92 Å². The van der Waals surface area contributed by atoms with Crippen LogP contribution in [-0.4, -0.2) is 27.9 Å². The van der Waals surface area contributed by atoms with Crippen LogP contribution in [0.25, 0.3) is 11.1 Å². The van der Waals surface area contributed by atoms with E-state index in [1.807, 2.05) is 0 Å². The van der Waals surface area contributed by atoms with E-state index in [4.69, 9.17) is 0 Å². The van der Waals surface area contributed by atoms with E-state index in [2.05, 4.69) is 5.32 Å². The zero-order valence-electron chi connectivity index (χ0n) is 15.9. The van der Waals surface area contributed by atoms with Gasteiger partial charge in [0.15, 0.2) is 0 Å². The fraction of sp³-hybridized carbons (Fsp3) is 0.333. The van der Waals surface area contributed by atoms with Crippen molar-refractivity contribution in [1.29, 1.82) is 0 Å². The third-order valence-corrected chi connectivity index (χ3v) is 5.31. The van der Waals surface area contributed by atoms with Gasteiger partial charge in [-0.25, -0.2) is 13.6 Å². The predicted octanol–water partition coefficient (Wildman–Crippen LogP) is 4.30. The molecule has 0 radical (unpaired) electrons. The smallest absolute Gasteiger partial charge is 0.326 e. The second-order valence-corrected chi connectivity index (χ2v) is 7.33. The van der Waals surface area contributed by atoms with E-state index < -0.39 is 40.2 Å². The summed E-state index contributed by atoms with van der Waals surface area (Å²) in [6.07, 6.45) is 4.05. The molecule has 158 valence electrons. The van der Waals surface area contributed by atoms with Crippen LogP contribution >= 0.6 is 0 Å². The minimum atomic E-state index is -1.19. The highest BCUT2D eigenvalue weighted by Crippen LogP contribution is 2.30. The molecule has 0 bridgehead atoms. The van der Waals surface area contributed by atoms with Crippen molar-refractivity contribution >= 4 is 17.6 Å². The molecule has 0 aromatic heterocycles. The van der Waals surface area contributed by atoms with Gasteiger partial charge < -0.3 is 10.4 Å². The predicted molar refractivity (Wildman–Crippen MR) is 104 cm³/mol. The Morgan fingerprint density at radius 1 is 1.03 bits per heavy atom. The molecule has 1 saturated carbocycles. The molecule has 1 aliphatic carbocycles. The summed E-state index contributed by atoms with van der Waals surface area (Å²) in [5.74, 6) is -3.99. The third kappa shape index (κ3) is 4.79. The molecule has 0 spiro atoms. The molecular weight excluding hydrogens is 398 g/mol. The summed E-state index contributed by atoms with van der Waals surface area (Å²) in [6, 6.07) is 5.10. The lowest BCUT2D eigenvalue weighted by Gasteiger charge is -2.28. The van der Waals surface area contributed by atoms with Gasteiger partial charge in [0.1, 0.15) is 23.2 Å². The number of nitrogens with one attached hydrogen (secondary N) is 1. The Bertz CT molecular complexity index is 969. The van der Waals surface area contributed by atoms with Gasteiger partial charge in [0.05, 0.1) is 4.92 Å². The molecular formula is C21H20F2N2O5. The molecule has 0 aliphatic heterocycles. The number of amides is 1. The fourth-order valence-corrected chi connectivity index (χ4v) is 3.84. The molecule has 1 atom stereocenters. The summed E-state index contributed by atoms with van der Waals surface area (Å²) in [4.78, 5) is 35.1. The van der Waals surface area contributed by atoms with Gasteiger partial charge in [-0.2, -0.15) is 0 Å². The summed E-state index contributed by atoms with van der Waals surface area (Å²) >= 11 is 0. The number of carboxylic acid groups (broad SMARTS) is 1. The number of aliphatic carboxylic acids is 1. The van der Waals surface area contributed by atoms with Gasteiger partial charge in [-0.05, 0) is 48.1 Å². The topological polar surface area (TPSA) is 110 Å². The maximum absolute atomic E-state index is 13.5. The van der Waals surface area contributed by atoms with Gasteiger partial charge in [0.2, 0.25) is 0 Å². The number of nitrogens with zero attached hydrogens (tertiary/aromatic N) is 1. The highest BCUT2D eigenvalue weighted by atomic mass is 19.1. The number of rotatable bonds is 6. The number of nitro benzene ring substituents is 1. The molecule has 7 nitrogen and oxygen atoms in total. The van der Waals surface area contributed by atoms with E-state index >= 15 is 0 Å². The fourth-order valence-electron chi connectivity index (χ4n) is 3.84. The molecule has 2 aromatic carbocycles. The van der Waals surface area contributed by atoms with E-state index in [0.29, 0.717) is 18.9 Å². The SMILES string of the molecule is O=C(N[C@H](C(=O)O)C1CCCCC1)c1ccc(-c2cc(F)cc(F)c2)cc1[N+](=O)[O-]. The zero-order chi connectivity index (χ0) is 21.8.